The molecular formula is C17H26FNO. The van der Waals surface area contributed by atoms with Gasteiger partial charge < -0.3 is 10.1 Å². The third-order valence-corrected chi connectivity index (χ3v) is 4.15. The first kappa shape index (κ1) is 15.3. The predicted octanol–water partition coefficient (Wildman–Crippen LogP) is 4.46. The lowest BCUT2D eigenvalue weighted by molar-refractivity contribution is 0.220. The fraction of sp³-hybridized carbons (Fsp3) is 0.647. The molecule has 1 aliphatic rings. The first-order chi connectivity index (χ1) is 9.70. The number of nitrogens with one attached hydrogen (secondary N) is 1. The normalized spacial score (nSPS) is 16.8. The number of hydrogen-bond donors (Lipinski definition) is 1. The van der Waals surface area contributed by atoms with Gasteiger partial charge in [0.25, 0.3) is 0 Å². The van der Waals surface area contributed by atoms with Gasteiger partial charge in [0.05, 0.1) is 6.61 Å². The third kappa shape index (κ3) is 4.20. The van der Waals surface area contributed by atoms with E-state index in [1.165, 1.54) is 25.3 Å². The summed E-state index contributed by atoms with van der Waals surface area (Å²) in [5.74, 6) is 1.47. The molecule has 1 N–H and O–H groups in total. The van der Waals surface area contributed by atoms with Crippen LogP contribution in [0.3, 0.4) is 0 Å². The van der Waals surface area contributed by atoms with E-state index in [0.29, 0.717) is 0 Å². The summed E-state index contributed by atoms with van der Waals surface area (Å²) >= 11 is 0. The Balaban J connectivity index is 1.94. The van der Waals surface area contributed by atoms with E-state index in [9.17, 15) is 4.39 Å². The second-order valence-corrected chi connectivity index (χ2v) is 5.79. The molecule has 0 aliphatic heterocycles. The molecule has 0 saturated heterocycles. The summed E-state index contributed by atoms with van der Waals surface area (Å²) in [6.07, 6.45) is 6.23. The van der Waals surface area contributed by atoms with Crippen molar-refractivity contribution in [2.24, 2.45) is 5.92 Å². The molecule has 0 spiro atoms. The Hall–Kier alpha value is -1.09. The zero-order chi connectivity index (χ0) is 14.4. The van der Waals surface area contributed by atoms with Crippen molar-refractivity contribution < 1.29 is 9.13 Å². The van der Waals surface area contributed by atoms with Gasteiger partial charge in [-0.3, -0.25) is 0 Å². The van der Waals surface area contributed by atoms with Crippen molar-refractivity contribution in [3.63, 3.8) is 0 Å². The van der Waals surface area contributed by atoms with Crippen LogP contribution in [0, 0.1) is 11.7 Å². The average molecular weight is 279 g/mol. The van der Waals surface area contributed by atoms with Crippen molar-refractivity contribution in [2.45, 2.75) is 52.0 Å². The monoisotopic (exact) mass is 279 g/mol. The van der Waals surface area contributed by atoms with Gasteiger partial charge >= 0.3 is 0 Å². The lowest BCUT2D eigenvalue weighted by atomic mass is 9.83. The largest absolute Gasteiger partial charge is 0.493 e. The lowest BCUT2D eigenvalue weighted by Crippen LogP contribution is -2.20. The summed E-state index contributed by atoms with van der Waals surface area (Å²) in [5, 5.41) is 3.39. The topological polar surface area (TPSA) is 21.3 Å². The maximum atomic E-state index is 13.5. The van der Waals surface area contributed by atoms with Crippen LogP contribution < -0.4 is 10.1 Å². The summed E-state index contributed by atoms with van der Waals surface area (Å²) < 4.78 is 19.4. The van der Waals surface area contributed by atoms with Gasteiger partial charge in [-0.15, -0.1) is 0 Å². The molecule has 3 heteroatoms. The van der Waals surface area contributed by atoms with Crippen molar-refractivity contribution in [3.8, 4) is 5.75 Å². The van der Waals surface area contributed by atoms with Crippen LogP contribution in [-0.2, 0) is 0 Å². The standard InChI is InChI=1S/C17H26FNO/c1-3-10-19-13(2)16-12-15(18)7-8-17(16)20-11-9-14-5-4-6-14/h7-8,12-14,19H,3-6,9-11H2,1-2H3. The molecule has 0 bridgehead atoms. The van der Waals surface area contributed by atoms with Crippen LogP contribution in [0.2, 0.25) is 0 Å². The smallest absolute Gasteiger partial charge is 0.124 e. The Morgan fingerprint density at radius 1 is 1.40 bits per heavy atom. The molecule has 1 aromatic carbocycles. The minimum Gasteiger partial charge on any atom is -0.493 e. The van der Waals surface area contributed by atoms with Crippen LogP contribution in [0.15, 0.2) is 18.2 Å². The summed E-state index contributed by atoms with van der Waals surface area (Å²) in [6, 6.07) is 4.94. The van der Waals surface area contributed by atoms with Crippen molar-refractivity contribution in [2.75, 3.05) is 13.2 Å². The maximum absolute atomic E-state index is 13.5. The van der Waals surface area contributed by atoms with Gasteiger partial charge in [-0.1, -0.05) is 26.2 Å². The minimum atomic E-state index is -0.198. The molecular weight excluding hydrogens is 253 g/mol. The van der Waals surface area contributed by atoms with Crippen LogP contribution in [0.25, 0.3) is 0 Å². The highest BCUT2D eigenvalue weighted by molar-refractivity contribution is 5.36. The molecule has 1 aliphatic carbocycles. The van der Waals surface area contributed by atoms with Crippen LogP contribution >= 0.6 is 0 Å². The third-order valence-electron chi connectivity index (χ3n) is 4.15. The zero-order valence-corrected chi connectivity index (χ0v) is 12.6. The molecule has 0 amide bonds. The fourth-order valence-corrected chi connectivity index (χ4v) is 2.58. The minimum absolute atomic E-state index is 0.115. The van der Waals surface area contributed by atoms with Crippen molar-refractivity contribution >= 4 is 0 Å². The van der Waals surface area contributed by atoms with E-state index in [2.05, 4.69) is 19.2 Å². The van der Waals surface area contributed by atoms with Crippen LogP contribution in [0.5, 0.6) is 5.75 Å². The molecule has 0 heterocycles. The van der Waals surface area contributed by atoms with Crippen molar-refractivity contribution in [1.29, 1.82) is 0 Å². The number of rotatable bonds is 8. The molecule has 1 atom stereocenters. The highest BCUT2D eigenvalue weighted by atomic mass is 19.1. The van der Waals surface area contributed by atoms with E-state index in [-0.39, 0.29) is 11.9 Å². The fourth-order valence-electron chi connectivity index (χ4n) is 2.58. The van der Waals surface area contributed by atoms with Crippen LogP contribution in [0.1, 0.15) is 57.6 Å². The van der Waals surface area contributed by atoms with Crippen LogP contribution in [-0.4, -0.2) is 13.2 Å². The second kappa shape index (κ2) is 7.63. The molecule has 1 fully saturated rings. The molecule has 2 rings (SSSR count). The predicted molar refractivity (Wildman–Crippen MR) is 80.6 cm³/mol. The van der Waals surface area contributed by atoms with Gasteiger partial charge in [0.1, 0.15) is 11.6 Å². The van der Waals surface area contributed by atoms with Gasteiger partial charge in [0.2, 0.25) is 0 Å². The zero-order valence-electron chi connectivity index (χ0n) is 12.6. The lowest BCUT2D eigenvalue weighted by Gasteiger charge is -2.25. The highest BCUT2D eigenvalue weighted by Crippen LogP contribution is 2.30. The summed E-state index contributed by atoms with van der Waals surface area (Å²) in [6.45, 7) is 5.85. The number of hydrogen-bond acceptors (Lipinski definition) is 2. The Bertz CT molecular complexity index is 417. The van der Waals surface area contributed by atoms with Crippen molar-refractivity contribution in [3.05, 3.63) is 29.6 Å². The second-order valence-electron chi connectivity index (χ2n) is 5.79. The summed E-state index contributed by atoms with van der Waals surface area (Å²) in [7, 11) is 0. The Kier molecular flexibility index (Phi) is 5.84. The van der Waals surface area contributed by atoms with Gasteiger partial charge in [0, 0.05) is 11.6 Å². The Labute approximate surface area is 121 Å². The highest BCUT2D eigenvalue weighted by Gasteiger charge is 2.18. The molecule has 112 valence electrons. The Morgan fingerprint density at radius 3 is 2.85 bits per heavy atom. The number of benzene rings is 1. The summed E-state index contributed by atoms with van der Waals surface area (Å²) in [5.41, 5.74) is 0.923. The van der Waals surface area contributed by atoms with E-state index >= 15 is 0 Å². The first-order valence-corrected chi connectivity index (χ1v) is 7.86. The Morgan fingerprint density at radius 2 is 2.20 bits per heavy atom. The quantitative estimate of drug-likeness (QED) is 0.759. The van der Waals surface area contributed by atoms with Gasteiger partial charge in [-0.05, 0) is 50.4 Å². The number of ether oxygens (including phenoxy) is 1. The van der Waals surface area contributed by atoms with E-state index in [4.69, 9.17) is 4.74 Å². The summed E-state index contributed by atoms with van der Waals surface area (Å²) in [4.78, 5) is 0. The SMILES string of the molecule is CCCNC(C)c1cc(F)ccc1OCCC1CCC1. The van der Waals surface area contributed by atoms with E-state index in [1.54, 1.807) is 12.1 Å². The molecule has 1 saturated carbocycles. The van der Waals surface area contributed by atoms with Gasteiger partial charge in [-0.25, -0.2) is 4.39 Å². The van der Waals surface area contributed by atoms with Crippen molar-refractivity contribution in [1.82, 2.24) is 5.32 Å². The molecule has 2 nitrogen and oxygen atoms in total. The molecule has 0 aromatic heterocycles. The van der Waals surface area contributed by atoms with E-state index < -0.39 is 0 Å². The van der Waals surface area contributed by atoms with Gasteiger partial charge in [0.15, 0.2) is 0 Å². The first-order valence-electron chi connectivity index (χ1n) is 7.86. The average Bonchev–Trinajstić information content (AvgIpc) is 2.40. The molecule has 1 unspecified atom stereocenters. The van der Waals surface area contributed by atoms with E-state index in [1.807, 2.05) is 0 Å². The molecule has 1 aromatic rings. The van der Waals surface area contributed by atoms with Gasteiger partial charge in [-0.2, -0.15) is 0 Å². The van der Waals surface area contributed by atoms with E-state index in [0.717, 1.165) is 43.2 Å². The van der Waals surface area contributed by atoms with Crippen LogP contribution in [0.4, 0.5) is 4.39 Å². The molecule has 20 heavy (non-hydrogen) atoms. The number of halogens is 1. The molecule has 0 radical (unpaired) electrons. The maximum Gasteiger partial charge on any atom is 0.124 e.